The van der Waals surface area contributed by atoms with E-state index in [9.17, 15) is 0 Å². The van der Waals surface area contributed by atoms with Gasteiger partial charge in [0, 0.05) is 24.7 Å². The number of hydrogen-bond acceptors (Lipinski definition) is 2. The van der Waals surface area contributed by atoms with Gasteiger partial charge >= 0.3 is 0 Å². The van der Waals surface area contributed by atoms with Crippen LogP contribution in [0.15, 0.2) is 0 Å². The summed E-state index contributed by atoms with van der Waals surface area (Å²) < 4.78 is 0. The first-order valence-corrected chi connectivity index (χ1v) is 5.27. The maximum absolute atomic E-state index is 5.88. The summed E-state index contributed by atoms with van der Waals surface area (Å²) in [5, 5.41) is 0. The van der Waals surface area contributed by atoms with Gasteiger partial charge in [-0.1, -0.05) is 6.92 Å². The molecule has 2 N–H and O–H groups in total. The number of hydrogen-bond donors (Lipinski definition) is 1. The van der Waals surface area contributed by atoms with E-state index < -0.39 is 0 Å². The van der Waals surface area contributed by atoms with Crippen molar-refractivity contribution < 1.29 is 0 Å². The molecule has 0 spiro atoms. The van der Waals surface area contributed by atoms with E-state index >= 15 is 0 Å². The summed E-state index contributed by atoms with van der Waals surface area (Å²) in [5.41, 5.74) is 6.50. The molecule has 0 aromatic carbocycles. The monoisotopic (exact) mass is 168 g/mol. The highest BCUT2D eigenvalue weighted by atomic mass is 15.2. The highest BCUT2D eigenvalue weighted by Crippen LogP contribution is 2.45. The predicted molar refractivity (Wildman–Crippen MR) is 51.0 cm³/mol. The molecule has 2 fully saturated rings. The Hall–Kier alpha value is -0.0800. The van der Waals surface area contributed by atoms with Crippen LogP contribution in [0.25, 0.3) is 0 Å². The van der Waals surface area contributed by atoms with Crippen molar-refractivity contribution in [2.75, 3.05) is 13.1 Å². The molecule has 0 unspecified atom stereocenters. The minimum absolute atomic E-state index is 0.480. The largest absolute Gasteiger partial charge is 0.328 e. The summed E-state index contributed by atoms with van der Waals surface area (Å²) >= 11 is 0. The second-order valence-corrected chi connectivity index (χ2v) is 4.40. The topological polar surface area (TPSA) is 29.3 Å². The third-order valence-corrected chi connectivity index (χ3v) is 3.70. The van der Waals surface area contributed by atoms with E-state index in [0.29, 0.717) is 11.6 Å². The molecule has 1 heterocycles. The zero-order valence-electron chi connectivity index (χ0n) is 8.05. The standard InChI is InChI=1S/C10H20N2/c1-2-10(5-6-10)12-7-3-9(11)4-8-12/h9H,2-8,11H2,1H3. The predicted octanol–water partition coefficient (Wildman–Crippen LogP) is 1.35. The van der Waals surface area contributed by atoms with Crippen molar-refractivity contribution in [2.45, 2.75) is 50.6 Å². The molecule has 0 bridgehead atoms. The summed E-state index contributed by atoms with van der Waals surface area (Å²) in [7, 11) is 0. The normalized spacial score (nSPS) is 30.5. The van der Waals surface area contributed by atoms with E-state index in [-0.39, 0.29) is 0 Å². The Morgan fingerprint density at radius 3 is 2.33 bits per heavy atom. The molecular formula is C10H20N2. The number of nitrogens with two attached hydrogens (primary N) is 1. The average molecular weight is 168 g/mol. The van der Waals surface area contributed by atoms with Crippen LogP contribution in [0.5, 0.6) is 0 Å². The van der Waals surface area contributed by atoms with Gasteiger partial charge < -0.3 is 5.73 Å². The summed E-state index contributed by atoms with van der Waals surface area (Å²) in [6.45, 7) is 4.81. The van der Waals surface area contributed by atoms with Crippen molar-refractivity contribution in [3.05, 3.63) is 0 Å². The van der Waals surface area contributed by atoms with Gasteiger partial charge in [-0.05, 0) is 32.1 Å². The second kappa shape index (κ2) is 3.00. The van der Waals surface area contributed by atoms with Crippen molar-refractivity contribution in [1.82, 2.24) is 4.90 Å². The molecule has 1 saturated heterocycles. The molecule has 0 aromatic rings. The molecule has 2 nitrogen and oxygen atoms in total. The molecule has 1 aliphatic heterocycles. The fourth-order valence-electron chi connectivity index (χ4n) is 2.41. The zero-order valence-corrected chi connectivity index (χ0v) is 8.05. The zero-order chi connectivity index (χ0) is 8.60. The lowest BCUT2D eigenvalue weighted by molar-refractivity contribution is 0.132. The van der Waals surface area contributed by atoms with Crippen LogP contribution in [-0.2, 0) is 0 Å². The van der Waals surface area contributed by atoms with Gasteiger partial charge in [0.05, 0.1) is 0 Å². The summed E-state index contributed by atoms with van der Waals surface area (Å²) in [6.07, 6.45) is 6.61. The molecule has 1 aliphatic carbocycles. The van der Waals surface area contributed by atoms with Crippen LogP contribution < -0.4 is 5.73 Å². The lowest BCUT2D eigenvalue weighted by Gasteiger charge is -2.36. The Balaban J connectivity index is 1.89. The average Bonchev–Trinajstić information content (AvgIpc) is 2.86. The molecule has 0 aromatic heterocycles. The first kappa shape index (κ1) is 8.52. The summed E-state index contributed by atoms with van der Waals surface area (Å²) in [5.74, 6) is 0. The Morgan fingerprint density at radius 2 is 1.92 bits per heavy atom. The van der Waals surface area contributed by atoms with Crippen molar-refractivity contribution >= 4 is 0 Å². The van der Waals surface area contributed by atoms with Gasteiger partial charge in [0.1, 0.15) is 0 Å². The van der Waals surface area contributed by atoms with Gasteiger partial charge in [-0.2, -0.15) is 0 Å². The fourth-order valence-corrected chi connectivity index (χ4v) is 2.41. The SMILES string of the molecule is CCC1(N2CCC(N)CC2)CC1. The summed E-state index contributed by atoms with van der Waals surface area (Å²) in [4.78, 5) is 2.68. The van der Waals surface area contributed by atoms with E-state index in [1.807, 2.05) is 0 Å². The van der Waals surface area contributed by atoms with Crippen LogP contribution in [0, 0.1) is 0 Å². The molecule has 12 heavy (non-hydrogen) atoms. The Kier molecular flexibility index (Phi) is 2.13. The van der Waals surface area contributed by atoms with Crippen molar-refractivity contribution in [3.63, 3.8) is 0 Å². The highest BCUT2D eigenvalue weighted by Gasteiger charge is 2.46. The lowest BCUT2D eigenvalue weighted by atomic mass is 10.0. The number of rotatable bonds is 2. The van der Waals surface area contributed by atoms with Crippen LogP contribution in [0.3, 0.4) is 0 Å². The minimum atomic E-state index is 0.480. The Bertz CT molecular complexity index is 155. The van der Waals surface area contributed by atoms with Crippen LogP contribution in [0.4, 0.5) is 0 Å². The number of nitrogens with zero attached hydrogens (tertiary/aromatic N) is 1. The van der Waals surface area contributed by atoms with E-state index in [1.54, 1.807) is 0 Å². The molecule has 2 aliphatic rings. The quantitative estimate of drug-likeness (QED) is 0.674. The minimum Gasteiger partial charge on any atom is -0.328 e. The fraction of sp³-hybridized carbons (Fsp3) is 1.00. The van der Waals surface area contributed by atoms with Crippen LogP contribution in [0.2, 0.25) is 0 Å². The van der Waals surface area contributed by atoms with Crippen molar-refractivity contribution in [2.24, 2.45) is 5.73 Å². The number of likely N-dealkylation sites (tertiary alicyclic amines) is 1. The lowest BCUT2D eigenvalue weighted by Crippen LogP contribution is -2.46. The molecule has 2 rings (SSSR count). The third-order valence-electron chi connectivity index (χ3n) is 3.70. The third kappa shape index (κ3) is 1.38. The first-order chi connectivity index (χ1) is 5.77. The second-order valence-electron chi connectivity index (χ2n) is 4.40. The van der Waals surface area contributed by atoms with E-state index in [2.05, 4.69) is 11.8 Å². The van der Waals surface area contributed by atoms with E-state index in [1.165, 1.54) is 45.2 Å². The molecule has 0 atom stereocenters. The summed E-state index contributed by atoms with van der Waals surface area (Å²) in [6, 6.07) is 0.480. The van der Waals surface area contributed by atoms with Gasteiger partial charge in [-0.15, -0.1) is 0 Å². The van der Waals surface area contributed by atoms with Crippen LogP contribution in [-0.4, -0.2) is 29.6 Å². The Morgan fingerprint density at radius 1 is 1.33 bits per heavy atom. The van der Waals surface area contributed by atoms with E-state index in [4.69, 9.17) is 5.73 Å². The maximum Gasteiger partial charge on any atom is 0.0208 e. The van der Waals surface area contributed by atoms with Gasteiger partial charge in [0.15, 0.2) is 0 Å². The van der Waals surface area contributed by atoms with Crippen molar-refractivity contribution in [3.8, 4) is 0 Å². The highest BCUT2D eigenvalue weighted by molar-refractivity contribution is 5.03. The van der Waals surface area contributed by atoms with E-state index in [0.717, 1.165) is 0 Å². The van der Waals surface area contributed by atoms with Gasteiger partial charge in [0.25, 0.3) is 0 Å². The van der Waals surface area contributed by atoms with Crippen LogP contribution >= 0.6 is 0 Å². The maximum atomic E-state index is 5.88. The molecule has 2 heteroatoms. The molecule has 70 valence electrons. The van der Waals surface area contributed by atoms with Crippen LogP contribution in [0.1, 0.15) is 39.0 Å². The van der Waals surface area contributed by atoms with Crippen molar-refractivity contribution in [1.29, 1.82) is 0 Å². The van der Waals surface area contributed by atoms with Gasteiger partial charge in [-0.25, -0.2) is 0 Å². The Labute approximate surface area is 75.1 Å². The number of piperidine rings is 1. The van der Waals surface area contributed by atoms with Gasteiger partial charge in [-0.3, -0.25) is 4.90 Å². The van der Waals surface area contributed by atoms with Gasteiger partial charge in [0.2, 0.25) is 0 Å². The molecule has 0 amide bonds. The smallest absolute Gasteiger partial charge is 0.0208 e. The molecule has 1 saturated carbocycles. The molecule has 0 radical (unpaired) electrons. The molecular weight excluding hydrogens is 148 g/mol. The first-order valence-electron chi connectivity index (χ1n) is 5.27.